The number of rotatable bonds is 6. The van der Waals surface area contributed by atoms with E-state index in [4.69, 9.17) is 4.42 Å². The van der Waals surface area contributed by atoms with E-state index in [0.29, 0.717) is 18.3 Å². The quantitative estimate of drug-likeness (QED) is 0.351. The zero-order chi connectivity index (χ0) is 23.5. The molecule has 0 atom stereocenters. The second-order valence-electron chi connectivity index (χ2n) is 8.98. The first-order chi connectivity index (χ1) is 16.6. The van der Waals surface area contributed by atoms with Crippen LogP contribution in [0, 0.1) is 12.7 Å². The van der Waals surface area contributed by atoms with Crippen molar-refractivity contribution in [1.29, 1.82) is 0 Å². The number of carbonyl (C=O) groups is 1. The molecule has 34 heavy (non-hydrogen) atoms. The summed E-state index contributed by atoms with van der Waals surface area (Å²) in [6, 6.07) is 18.2. The zero-order valence-electron chi connectivity index (χ0n) is 19.3. The first kappa shape index (κ1) is 22.1. The number of furan rings is 1. The summed E-state index contributed by atoms with van der Waals surface area (Å²) in [6.07, 6.45) is 7.62. The largest absolute Gasteiger partial charge is 0.449 e. The fourth-order valence-corrected chi connectivity index (χ4v) is 4.74. The van der Waals surface area contributed by atoms with Crippen LogP contribution in [0.4, 0.5) is 4.39 Å². The number of benzene rings is 2. The molecule has 1 amide bonds. The van der Waals surface area contributed by atoms with Gasteiger partial charge in [-0.3, -0.25) is 4.79 Å². The molecule has 2 heterocycles. The molecule has 0 saturated heterocycles. The predicted octanol–water partition coefficient (Wildman–Crippen LogP) is 6.69. The molecular formula is C28H28FN3O2. The van der Waals surface area contributed by atoms with Crippen LogP contribution >= 0.6 is 0 Å². The third-order valence-electron chi connectivity index (χ3n) is 6.48. The minimum atomic E-state index is -0.289. The summed E-state index contributed by atoms with van der Waals surface area (Å²) < 4.78 is 21.8. The van der Waals surface area contributed by atoms with E-state index in [1.54, 1.807) is 18.2 Å². The summed E-state index contributed by atoms with van der Waals surface area (Å²) in [4.78, 5) is 17.5. The Balaban J connectivity index is 1.44. The zero-order valence-corrected chi connectivity index (χ0v) is 19.3. The molecule has 0 unspecified atom stereocenters. The number of imidazole rings is 1. The molecule has 0 bridgehead atoms. The van der Waals surface area contributed by atoms with Crippen molar-refractivity contribution in [1.82, 2.24) is 14.9 Å². The van der Waals surface area contributed by atoms with Gasteiger partial charge in [0.05, 0.1) is 12.0 Å². The predicted molar refractivity (Wildman–Crippen MR) is 130 cm³/mol. The highest BCUT2D eigenvalue weighted by Gasteiger charge is 2.25. The van der Waals surface area contributed by atoms with Crippen molar-refractivity contribution < 1.29 is 13.6 Å². The lowest BCUT2D eigenvalue weighted by Gasteiger charge is -2.24. The van der Waals surface area contributed by atoms with Crippen LogP contribution in [0.2, 0.25) is 0 Å². The molecular weight excluding hydrogens is 429 g/mol. The van der Waals surface area contributed by atoms with E-state index in [2.05, 4.69) is 14.9 Å². The van der Waals surface area contributed by atoms with Gasteiger partial charge in [0.1, 0.15) is 11.5 Å². The minimum Gasteiger partial charge on any atom is -0.449 e. The summed E-state index contributed by atoms with van der Waals surface area (Å²) >= 11 is 0. The lowest BCUT2D eigenvalue weighted by atomic mass is 9.95. The Morgan fingerprint density at radius 2 is 1.88 bits per heavy atom. The molecule has 1 fully saturated rings. The number of hydrogen-bond donors (Lipinski definition) is 1. The number of carbonyl (C=O) groups excluding carboxylic acids is 1. The van der Waals surface area contributed by atoms with Crippen LogP contribution in [-0.2, 0) is 6.54 Å². The molecule has 1 saturated carbocycles. The van der Waals surface area contributed by atoms with Crippen LogP contribution in [0.3, 0.4) is 0 Å². The first-order valence-electron chi connectivity index (χ1n) is 11.9. The van der Waals surface area contributed by atoms with Crippen molar-refractivity contribution in [3.05, 3.63) is 89.7 Å². The van der Waals surface area contributed by atoms with Crippen LogP contribution in [0.15, 0.2) is 71.4 Å². The van der Waals surface area contributed by atoms with E-state index in [9.17, 15) is 9.18 Å². The van der Waals surface area contributed by atoms with Gasteiger partial charge in [0.2, 0.25) is 0 Å². The third kappa shape index (κ3) is 4.67. The van der Waals surface area contributed by atoms with Crippen LogP contribution in [0.5, 0.6) is 0 Å². The Labute approximate surface area is 198 Å². The van der Waals surface area contributed by atoms with Crippen molar-refractivity contribution >= 4 is 5.91 Å². The lowest BCUT2D eigenvalue weighted by Crippen LogP contribution is -2.22. The standard InChI is InChI=1S/C28H28FN3O2/c1-19-6-5-7-20(16-19)17-30-28(33)25-15-14-24(34-25)27-26(21-10-12-22(29)13-11-21)31-18-32(27)23-8-3-2-4-9-23/h5-7,10-16,18,23H,2-4,8-9,17H2,1H3,(H,30,33). The number of halogens is 1. The number of nitrogens with zero attached hydrogens (tertiary/aromatic N) is 2. The highest BCUT2D eigenvalue weighted by Crippen LogP contribution is 2.38. The van der Waals surface area contributed by atoms with Crippen LogP contribution < -0.4 is 5.32 Å². The molecule has 0 spiro atoms. The highest BCUT2D eigenvalue weighted by molar-refractivity contribution is 5.92. The Morgan fingerprint density at radius 3 is 2.65 bits per heavy atom. The highest BCUT2D eigenvalue weighted by atomic mass is 19.1. The molecule has 1 N–H and O–H groups in total. The van der Waals surface area contributed by atoms with Gasteiger partial charge in [-0.05, 0) is 61.7 Å². The number of aromatic nitrogens is 2. The first-order valence-corrected chi connectivity index (χ1v) is 11.9. The maximum atomic E-state index is 13.5. The van der Waals surface area contributed by atoms with Crippen LogP contribution in [0.25, 0.3) is 22.7 Å². The van der Waals surface area contributed by atoms with E-state index in [-0.39, 0.29) is 17.5 Å². The van der Waals surface area contributed by atoms with Crippen molar-refractivity contribution in [2.24, 2.45) is 0 Å². The van der Waals surface area contributed by atoms with Crippen LogP contribution in [0.1, 0.15) is 59.8 Å². The van der Waals surface area contributed by atoms with Gasteiger partial charge in [-0.25, -0.2) is 9.37 Å². The second kappa shape index (κ2) is 9.67. The topological polar surface area (TPSA) is 60.1 Å². The van der Waals surface area contributed by atoms with Gasteiger partial charge < -0.3 is 14.3 Å². The Bertz CT molecular complexity index is 1280. The van der Waals surface area contributed by atoms with Gasteiger partial charge in [0, 0.05) is 18.2 Å². The molecule has 5 rings (SSSR count). The molecule has 1 aliphatic rings. The van der Waals surface area contributed by atoms with Crippen LogP contribution in [-0.4, -0.2) is 15.5 Å². The molecule has 6 heteroatoms. The fourth-order valence-electron chi connectivity index (χ4n) is 4.74. The average Bonchev–Trinajstić information content (AvgIpc) is 3.51. The number of hydrogen-bond acceptors (Lipinski definition) is 3. The number of nitrogens with one attached hydrogen (secondary N) is 1. The lowest BCUT2D eigenvalue weighted by molar-refractivity contribution is 0.0924. The summed E-state index contributed by atoms with van der Waals surface area (Å²) in [6.45, 7) is 2.45. The van der Waals surface area contributed by atoms with Gasteiger partial charge in [0.15, 0.2) is 11.5 Å². The Kier molecular flexibility index (Phi) is 6.30. The van der Waals surface area contributed by atoms with E-state index >= 15 is 0 Å². The van der Waals surface area contributed by atoms with Crippen molar-refractivity contribution in [3.8, 4) is 22.7 Å². The van der Waals surface area contributed by atoms with Gasteiger partial charge >= 0.3 is 0 Å². The maximum Gasteiger partial charge on any atom is 0.287 e. The Morgan fingerprint density at radius 1 is 1.09 bits per heavy atom. The van der Waals surface area contributed by atoms with Crippen molar-refractivity contribution in [3.63, 3.8) is 0 Å². The molecule has 2 aromatic heterocycles. The average molecular weight is 458 g/mol. The van der Waals surface area contributed by atoms with Gasteiger partial charge in [-0.2, -0.15) is 0 Å². The van der Waals surface area contributed by atoms with E-state index in [1.807, 2.05) is 43.6 Å². The van der Waals surface area contributed by atoms with Crippen molar-refractivity contribution in [2.45, 2.75) is 51.6 Å². The minimum absolute atomic E-state index is 0.254. The van der Waals surface area contributed by atoms with Gasteiger partial charge in [-0.15, -0.1) is 0 Å². The Hall–Kier alpha value is -3.67. The number of aryl methyl sites for hydroxylation is 1. The molecule has 174 valence electrons. The molecule has 0 aliphatic heterocycles. The fraction of sp³-hybridized carbons (Fsp3) is 0.286. The van der Waals surface area contributed by atoms with Gasteiger partial charge in [0.25, 0.3) is 5.91 Å². The van der Waals surface area contributed by atoms with E-state index < -0.39 is 0 Å². The number of amides is 1. The van der Waals surface area contributed by atoms with Gasteiger partial charge in [-0.1, -0.05) is 49.1 Å². The summed E-state index contributed by atoms with van der Waals surface area (Å²) in [5, 5.41) is 2.93. The molecule has 4 aromatic rings. The maximum absolute atomic E-state index is 13.5. The summed E-state index contributed by atoms with van der Waals surface area (Å²) in [7, 11) is 0. The second-order valence-corrected chi connectivity index (χ2v) is 8.98. The normalized spacial score (nSPS) is 14.3. The van der Waals surface area contributed by atoms with Crippen molar-refractivity contribution in [2.75, 3.05) is 0 Å². The summed E-state index contributed by atoms with van der Waals surface area (Å²) in [5.74, 6) is 0.287. The SMILES string of the molecule is Cc1cccc(CNC(=O)c2ccc(-c3c(-c4ccc(F)cc4)ncn3C3CCCCC3)o2)c1. The molecule has 0 radical (unpaired) electrons. The molecule has 2 aromatic carbocycles. The van der Waals surface area contributed by atoms with E-state index in [0.717, 1.165) is 40.9 Å². The molecule has 5 nitrogen and oxygen atoms in total. The van der Waals surface area contributed by atoms with E-state index in [1.165, 1.54) is 31.4 Å². The summed E-state index contributed by atoms with van der Waals surface area (Å²) in [5.41, 5.74) is 4.56. The smallest absolute Gasteiger partial charge is 0.287 e. The monoisotopic (exact) mass is 457 g/mol. The molecule has 1 aliphatic carbocycles. The third-order valence-corrected chi connectivity index (χ3v) is 6.48.